The van der Waals surface area contributed by atoms with E-state index in [9.17, 15) is 8.42 Å². The zero-order valence-electron chi connectivity index (χ0n) is 12.0. The first-order valence-electron chi connectivity index (χ1n) is 6.92. The lowest BCUT2D eigenvalue weighted by molar-refractivity contribution is 0.260. The molecule has 20 heavy (non-hydrogen) atoms. The molecule has 0 bridgehead atoms. The van der Waals surface area contributed by atoms with Crippen molar-refractivity contribution in [1.29, 1.82) is 0 Å². The first kappa shape index (κ1) is 15.1. The van der Waals surface area contributed by atoms with Crippen molar-refractivity contribution in [2.24, 2.45) is 5.92 Å². The lowest BCUT2D eigenvalue weighted by atomic mass is 9.97. The van der Waals surface area contributed by atoms with Gasteiger partial charge >= 0.3 is 0 Å². The Balaban J connectivity index is 2.35. The molecule has 1 saturated heterocycles. The van der Waals surface area contributed by atoms with Crippen LogP contribution in [0.2, 0.25) is 0 Å². The number of hydrogen-bond donors (Lipinski definition) is 1. The monoisotopic (exact) mass is 298 g/mol. The van der Waals surface area contributed by atoms with E-state index in [0.717, 1.165) is 19.3 Å². The molecule has 1 aliphatic heterocycles. The minimum absolute atomic E-state index is 0.200. The van der Waals surface area contributed by atoms with Crippen molar-refractivity contribution in [2.45, 2.75) is 31.1 Å². The first-order valence-corrected chi connectivity index (χ1v) is 8.36. The van der Waals surface area contributed by atoms with Crippen molar-refractivity contribution in [3.05, 3.63) is 18.2 Å². The molecule has 2 rings (SSSR count). The number of hydrogen-bond acceptors (Lipinski definition) is 4. The molecular formula is C14H22N2O3S. The third-order valence-electron chi connectivity index (χ3n) is 3.86. The molecule has 6 heteroatoms. The normalized spacial score (nSPS) is 20.8. The van der Waals surface area contributed by atoms with E-state index in [-0.39, 0.29) is 4.90 Å². The van der Waals surface area contributed by atoms with Gasteiger partial charge in [0.1, 0.15) is 10.6 Å². The Labute approximate surface area is 120 Å². The highest BCUT2D eigenvalue weighted by Crippen LogP contribution is 2.31. The summed E-state index contributed by atoms with van der Waals surface area (Å²) in [5, 5.41) is 0. The Kier molecular flexibility index (Phi) is 4.55. The molecule has 0 aliphatic carbocycles. The molecule has 0 spiro atoms. The van der Waals surface area contributed by atoms with Crippen molar-refractivity contribution in [2.75, 3.05) is 25.9 Å². The van der Waals surface area contributed by atoms with E-state index in [0.29, 0.717) is 30.4 Å². The molecule has 1 aromatic carbocycles. The van der Waals surface area contributed by atoms with Crippen LogP contribution < -0.4 is 10.5 Å². The SMILES string of the molecule is CCC1CCCN(S(=O)(=O)c2ccc(N)cc2OC)C1. The maximum atomic E-state index is 12.7. The summed E-state index contributed by atoms with van der Waals surface area (Å²) in [6.07, 6.45) is 3.02. The quantitative estimate of drug-likeness (QED) is 0.864. The molecule has 1 aliphatic rings. The number of rotatable bonds is 4. The standard InChI is InChI=1S/C14H22N2O3S/c1-3-11-5-4-8-16(10-11)20(17,18)14-7-6-12(15)9-13(14)19-2/h6-7,9,11H,3-5,8,10,15H2,1-2H3. The second-order valence-corrected chi connectivity index (χ2v) is 7.10. The Morgan fingerprint density at radius 3 is 2.85 bits per heavy atom. The molecule has 0 saturated carbocycles. The maximum absolute atomic E-state index is 12.7. The van der Waals surface area contributed by atoms with Gasteiger partial charge in [0.2, 0.25) is 10.0 Å². The predicted molar refractivity (Wildman–Crippen MR) is 79.2 cm³/mol. The van der Waals surface area contributed by atoms with Crippen molar-refractivity contribution in [3.8, 4) is 5.75 Å². The van der Waals surface area contributed by atoms with Crippen LogP contribution in [0, 0.1) is 5.92 Å². The number of nitrogens with zero attached hydrogens (tertiary/aromatic N) is 1. The van der Waals surface area contributed by atoms with Crippen molar-refractivity contribution >= 4 is 15.7 Å². The lowest BCUT2D eigenvalue weighted by Gasteiger charge is -2.31. The fourth-order valence-corrected chi connectivity index (χ4v) is 4.31. The van der Waals surface area contributed by atoms with E-state index in [4.69, 9.17) is 10.5 Å². The summed E-state index contributed by atoms with van der Waals surface area (Å²) >= 11 is 0. The van der Waals surface area contributed by atoms with Crippen LogP contribution in [-0.2, 0) is 10.0 Å². The first-order chi connectivity index (χ1) is 9.48. The van der Waals surface area contributed by atoms with Gasteiger partial charge in [0.05, 0.1) is 7.11 Å². The van der Waals surface area contributed by atoms with E-state index in [1.54, 1.807) is 16.4 Å². The molecule has 1 aromatic rings. The zero-order chi connectivity index (χ0) is 14.8. The van der Waals surface area contributed by atoms with Crippen molar-refractivity contribution in [3.63, 3.8) is 0 Å². The number of nitrogen functional groups attached to an aromatic ring is 1. The highest BCUT2D eigenvalue weighted by Gasteiger charge is 2.31. The Bertz CT molecular complexity index is 572. The largest absolute Gasteiger partial charge is 0.495 e. The third-order valence-corrected chi connectivity index (χ3v) is 5.77. The number of methoxy groups -OCH3 is 1. The Hall–Kier alpha value is -1.27. The van der Waals surface area contributed by atoms with Crippen LogP contribution in [0.3, 0.4) is 0 Å². The molecule has 0 aromatic heterocycles. The summed E-state index contributed by atoms with van der Waals surface area (Å²) in [4.78, 5) is 0.200. The van der Waals surface area contributed by atoms with E-state index >= 15 is 0 Å². The van der Waals surface area contributed by atoms with Gasteiger partial charge in [-0.05, 0) is 30.9 Å². The number of sulfonamides is 1. The predicted octanol–water partition coefficient (Wildman–Crippen LogP) is 2.09. The van der Waals surface area contributed by atoms with Crippen LogP contribution in [0.4, 0.5) is 5.69 Å². The van der Waals surface area contributed by atoms with Crippen LogP contribution in [0.25, 0.3) is 0 Å². The van der Waals surface area contributed by atoms with Gasteiger partial charge in [-0.3, -0.25) is 0 Å². The minimum Gasteiger partial charge on any atom is -0.495 e. The zero-order valence-corrected chi connectivity index (χ0v) is 12.8. The smallest absolute Gasteiger partial charge is 0.246 e. The van der Waals surface area contributed by atoms with Gasteiger partial charge in [-0.1, -0.05) is 13.3 Å². The van der Waals surface area contributed by atoms with Crippen LogP contribution >= 0.6 is 0 Å². The van der Waals surface area contributed by atoms with Gasteiger partial charge in [-0.15, -0.1) is 0 Å². The molecule has 0 amide bonds. The van der Waals surface area contributed by atoms with Crippen LogP contribution in [-0.4, -0.2) is 32.9 Å². The molecule has 5 nitrogen and oxygen atoms in total. The van der Waals surface area contributed by atoms with Gasteiger partial charge in [0.25, 0.3) is 0 Å². The molecule has 2 N–H and O–H groups in total. The van der Waals surface area contributed by atoms with E-state index in [1.807, 2.05) is 0 Å². The van der Waals surface area contributed by atoms with Gasteiger partial charge in [-0.2, -0.15) is 4.31 Å². The highest BCUT2D eigenvalue weighted by molar-refractivity contribution is 7.89. The van der Waals surface area contributed by atoms with Gasteiger partial charge in [0, 0.05) is 24.8 Å². The molecule has 0 radical (unpaired) electrons. The van der Waals surface area contributed by atoms with Gasteiger partial charge in [0.15, 0.2) is 0 Å². The third kappa shape index (κ3) is 2.91. The lowest BCUT2D eigenvalue weighted by Crippen LogP contribution is -2.39. The molecule has 1 heterocycles. The van der Waals surface area contributed by atoms with Crippen LogP contribution in [0.5, 0.6) is 5.75 Å². The van der Waals surface area contributed by atoms with Gasteiger partial charge < -0.3 is 10.5 Å². The summed E-state index contributed by atoms with van der Waals surface area (Å²) < 4.78 is 32.2. The summed E-state index contributed by atoms with van der Waals surface area (Å²) in [6.45, 7) is 3.27. The number of benzene rings is 1. The van der Waals surface area contributed by atoms with Crippen molar-refractivity contribution in [1.82, 2.24) is 4.31 Å². The Morgan fingerprint density at radius 1 is 1.45 bits per heavy atom. The molecule has 1 fully saturated rings. The van der Waals surface area contributed by atoms with E-state index in [1.165, 1.54) is 13.2 Å². The van der Waals surface area contributed by atoms with Crippen LogP contribution in [0.1, 0.15) is 26.2 Å². The van der Waals surface area contributed by atoms with E-state index in [2.05, 4.69) is 6.92 Å². The second kappa shape index (κ2) is 6.01. The molecule has 1 unspecified atom stereocenters. The molecule has 1 atom stereocenters. The summed E-state index contributed by atoms with van der Waals surface area (Å²) in [7, 11) is -2.05. The second-order valence-electron chi connectivity index (χ2n) is 5.19. The average molecular weight is 298 g/mol. The minimum atomic E-state index is -3.51. The van der Waals surface area contributed by atoms with E-state index < -0.39 is 10.0 Å². The van der Waals surface area contributed by atoms with Crippen molar-refractivity contribution < 1.29 is 13.2 Å². The fraction of sp³-hybridized carbons (Fsp3) is 0.571. The topological polar surface area (TPSA) is 72.6 Å². The molecular weight excluding hydrogens is 276 g/mol. The number of anilines is 1. The van der Waals surface area contributed by atoms with Crippen LogP contribution in [0.15, 0.2) is 23.1 Å². The summed E-state index contributed by atoms with van der Waals surface area (Å²) in [6, 6.07) is 4.67. The van der Waals surface area contributed by atoms with Gasteiger partial charge in [-0.25, -0.2) is 8.42 Å². The Morgan fingerprint density at radius 2 is 2.20 bits per heavy atom. The summed E-state index contributed by atoms with van der Waals surface area (Å²) in [5.74, 6) is 0.752. The number of ether oxygens (including phenoxy) is 1. The summed E-state index contributed by atoms with van der Waals surface area (Å²) in [5.41, 5.74) is 6.17. The number of nitrogens with two attached hydrogens (primary N) is 1. The average Bonchev–Trinajstić information content (AvgIpc) is 2.46. The number of piperidine rings is 1. The fourth-order valence-electron chi connectivity index (χ4n) is 2.61. The highest BCUT2D eigenvalue weighted by atomic mass is 32.2. The molecule has 112 valence electrons. The maximum Gasteiger partial charge on any atom is 0.246 e.